The van der Waals surface area contributed by atoms with E-state index < -0.39 is 0 Å². The van der Waals surface area contributed by atoms with E-state index in [0.29, 0.717) is 5.69 Å². The molecule has 0 saturated carbocycles. The van der Waals surface area contributed by atoms with Crippen LogP contribution in [0.4, 0.5) is 0 Å². The molecule has 0 amide bonds. The summed E-state index contributed by atoms with van der Waals surface area (Å²) in [6.45, 7) is 5.31. The molecular formula is C14H22N4O. The van der Waals surface area contributed by atoms with Gasteiger partial charge in [-0.1, -0.05) is 24.6 Å². The van der Waals surface area contributed by atoms with Crippen LogP contribution in [-0.4, -0.2) is 34.0 Å². The third kappa shape index (κ3) is 3.44. The quantitative estimate of drug-likeness (QED) is 0.367. The van der Waals surface area contributed by atoms with Crippen molar-refractivity contribution in [2.45, 2.75) is 32.7 Å². The fourth-order valence-corrected chi connectivity index (χ4v) is 2.79. The Morgan fingerprint density at radius 2 is 2.47 bits per heavy atom. The molecule has 0 aliphatic carbocycles. The second kappa shape index (κ2) is 6.52. The Hall–Kier alpha value is -1.62. The topological polar surface area (TPSA) is 74.7 Å². The summed E-state index contributed by atoms with van der Waals surface area (Å²) in [7, 11) is 0. The zero-order valence-corrected chi connectivity index (χ0v) is 11.4. The summed E-state index contributed by atoms with van der Waals surface area (Å²) < 4.78 is 0. The van der Waals surface area contributed by atoms with E-state index in [-0.39, 0.29) is 5.84 Å². The van der Waals surface area contributed by atoms with Gasteiger partial charge in [-0.15, -0.1) is 0 Å². The molecule has 19 heavy (non-hydrogen) atoms. The fourth-order valence-electron chi connectivity index (χ4n) is 2.79. The summed E-state index contributed by atoms with van der Waals surface area (Å²) in [5.41, 5.74) is 7.27. The minimum Gasteiger partial charge on any atom is -0.409 e. The minimum absolute atomic E-state index is 0.0832. The summed E-state index contributed by atoms with van der Waals surface area (Å²) >= 11 is 0. The number of amidine groups is 1. The molecule has 5 nitrogen and oxygen atoms in total. The highest BCUT2D eigenvalue weighted by atomic mass is 16.4. The van der Waals surface area contributed by atoms with Crippen molar-refractivity contribution < 1.29 is 5.21 Å². The smallest absolute Gasteiger partial charge is 0.189 e. The lowest BCUT2D eigenvalue weighted by atomic mass is 10.0. The number of hydrogen-bond acceptors (Lipinski definition) is 4. The van der Waals surface area contributed by atoms with Crippen LogP contribution in [0.15, 0.2) is 23.5 Å². The lowest BCUT2D eigenvalue weighted by Gasteiger charge is -2.17. The van der Waals surface area contributed by atoms with Crippen LogP contribution in [0, 0.1) is 5.92 Å². The third-order valence-corrected chi connectivity index (χ3v) is 3.70. The van der Waals surface area contributed by atoms with Crippen LogP contribution in [0.5, 0.6) is 0 Å². The van der Waals surface area contributed by atoms with E-state index in [1.807, 2.05) is 12.1 Å². The Bertz CT molecular complexity index is 447. The van der Waals surface area contributed by atoms with Gasteiger partial charge in [0.15, 0.2) is 5.84 Å². The average Bonchev–Trinajstić information content (AvgIpc) is 2.86. The van der Waals surface area contributed by atoms with Crippen LogP contribution < -0.4 is 5.73 Å². The van der Waals surface area contributed by atoms with Gasteiger partial charge in [-0.25, -0.2) is 0 Å². The van der Waals surface area contributed by atoms with Gasteiger partial charge in [-0.3, -0.25) is 9.88 Å². The van der Waals surface area contributed by atoms with Crippen LogP contribution in [0.2, 0.25) is 0 Å². The number of hydrogen-bond donors (Lipinski definition) is 2. The molecule has 0 radical (unpaired) electrons. The highest BCUT2D eigenvalue weighted by Gasteiger charge is 2.22. The van der Waals surface area contributed by atoms with Gasteiger partial charge >= 0.3 is 0 Å². The van der Waals surface area contributed by atoms with Crippen LogP contribution in [0.25, 0.3) is 0 Å². The van der Waals surface area contributed by atoms with Crippen molar-refractivity contribution in [1.29, 1.82) is 0 Å². The lowest BCUT2D eigenvalue weighted by molar-refractivity contribution is 0.311. The van der Waals surface area contributed by atoms with Crippen LogP contribution in [-0.2, 0) is 6.54 Å². The van der Waals surface area contributed by atoms with E-state index in [2.05, 4.69) is 22.0 Å². The predicted molar refractivity (Wildman–Crippen MR) is 75.0 cm³/mol. The molecule has 1 fully saturated rings. The zero-order chi connectivity index (χ0) is 13.7. The molecule has 104 valence electrons. The Balaban J connectivity index is 2.04. The van der Waals surface area contributed by atoms with E-state index >= 15 is 0 Å². The number of pyridine rings is 1. The van der Waals surface area contributed by atoms with Crippen LogP contribution in [0.3, 0.4) is 0 Å². The highest BCUT2D eigenvalue weighted by molar-refractivity contribution is 5.96. The number of rotatable bonds is 5. The maximum absolute atomic E-state index is 8.79. The van der Waals surface area contributed by atoms with Crippen molar-refractivity contribution in [3.8, 4) is 0 Å². The molecule has 0 aromatic carbocycles. The Morgan fingerprint density at radius 1 is 1.63 bits per heavy atom. The van der Waals surface area contributed by atoms with Gasteiger partial charge in [0.05, 0.1) is 0 Å². The fraction of sp³-hybridized carbons (Fsp3) is 0.571. The van der Waals surface area contributed by atoms with Gasteiger partial charge in [0.1, 0.15) is 5.69 Å². The molecular weight excluding hydrogens is 240 g/mol. The highest BCUT2D eigenvalue weighted by Crippen LogP contribution is 2.23. The number of likely N-dealkylation sites (tertiary alicyclic amines) is 1. The van der Waals surface area contributed by atoms with E-state index in [4.69, 9.17) is 10.9 Å². The minimum atomic E-state index is 0.0832. The molecule has 1 aromatic heterocycles. The summed E-state index contributed by atoms with van der Waals surface area (Å²) in [4.78, 5) is 6.63. The second-order valence-electron chi connectivity index (χ2n) is 5.17. The van der Waals surface area contributed by atoms with E-state index in [1.165, 1.54) is 19.3 Å². The molecule has 0 spiro atoms. The molecule has 1 aliphatic heterocycles. The normalized spacial score (nSPS) is 20.9. The molecule has 3 N–H and O–H groups in total. The molecule has 1 aromatic rings. The molecule has 1 aliphatic rings. The van der Waals surface area contributed by atoms with Crippen molar-refractivity contribution in [1.82, 2.24) is 9.88 Å². The van der Waals surface area contributed by atoms with Gasteiger partial charge in [-0.05, 0) is 36.9 Å². The van der Waals surface area contributed by atoms with Gasteiger partial charge in [-0.2, -0.15) is 0 Å². The molecule has 5 heteroatoms. The summed E-state index contributed by atoms with van der Waals surface area (Å²) in [6, 6.07) is 3.89. The number of nitrogens with two attached hydrogens (primary N) is 1. The van der Waals surface area contributed by atoms with Crippen LogP contribution >= 0.6 is 0 Å². The number of nitrogens with zero attached hydrogens (tertiary/aromatic N) is 3. The van der Waals surface area contributed by atoms with Crippen molar-refractivity contribution >= 4 is 5.84 Å². The first kappa shape index (κ1) is 13.8. The Labute approximate surface area is 114 Å². The lowest BCUT2D eigenvalue weighted by Crippen LogP contribution is -2.24. The van der Waals surface area contributed by atoms with Crippen molar-refractivity contribution in [3.63, 3.8) is 0 Å². The first-order chi connectivity index (χ1) is 9.24. The SMILES string of the molecule is CCCC1CCN(Cc2cccnc2/C(N)=N/O)C1. The number of aromatic nitrogens is 1. The number of oxime groups is 1. The molecule has 0 bridgehead atoms. The van der Waals surface area contributed by atoms with Crippen molar-refractivity contribution in [2.75, 3.05) is 13.1 Å². The largest absolute Gasteiger partial charge is 0.409 e. The van der Waals surface area contributed by atoms with E-state index in [1.54, 1.807) is 6.20 Å². The average molecular weight is 262 g/mol. The van der Waals surface area contributed by atoms with Gasteiger partial charge in [0, 0.05) is 19.3 Å². The molecule has 2 heterocycles. The summed E-state index contributed by atoms with van der Waals surface area (Å²) in [5, 5.41) is 11.8. The molecule has 1 unspecified atom stereocenters. The van der Waals surface area contributed by atoms with Crippen molar-refractivity contribution in [3.05, 3.63) is 29.6 Å². The van der Waals surface area contributed by atoms with E-state index in [0.717, 1.165) is 31.1 Å². The van der Waals surface area contributed by atoms with Crippen LogP contribution in [0.1, 0.15) is 37.4 Å². The Morgan fingerprint density at radius 3 is 3.21 bits per heavy atom. The monoisotopic (exact) mass is 262 g/mol. The molecule has 2 rings (SSSR count). The molecule has 1 atom stereocenters. The Kier molecular flexibility index (Phi) is 4.74. The maximum atomic E-state index is 8.79. The summed E-state index contributed by atoms with van der Waals surface area (Å²) in [6.07, 6.45) is 5.49. The zero-order valence-electron chi connectivity index (χ0n) is 11.4. The first-order valence-electron chi connectivity index (χ1n) is 6.88. The first-order valence-corrected chi connectivity index (χ1v) is 6.88. The van der Waals surface area contributed by atoms with Crippen molar-refractivity contribution in [2.24, 2.45) is 16.8 Å². The summed E-state index contributed by atoms with van der Waals surface area (Å²) in [5.74, 6) is 0.897. The third-order valence-electron chi connectivity index (χ3n) is 3.70. The standard InChI is InChI=1S/C14H22N4O/c1-2-4-11-6-8-18(9-11)10-12-5-3-7-16-13(12)14(15)17-19/h3,5,7,11,19H,2,4,6,8-10H2,1H3,(H2,15,17). The predicted octanol–water partition coefficient (Wildman–Crippen LogP) is 1.80. The van der Waals surface area contributed by atoms with E-state index in [9.17, 15) is 0 Å². The van der Waals surface area contributed by atoms with Gasteiger partial charge in [0.25, 0.3) is 0 Å². The van der Waals surface area contributed by atoms with Gasteiger partial charge < -0.3 is 10.9 Å². The second-order valence-corrected chi connectivity index (χ2v) is 5.17. The maximum Gasteiger partial charge on any atom is 0.189 e. The van der Waals surface area contributed by atoms with Gasteiger partial charge in [0.2, 0.25) is 0 Å². The molecule has 1 saturated heterocycles.